The first kappa shape index (κ1) is 54.8. The lowest BCUT2D eigenvalue weighted by molar-refractivity contribution is -0.180. The number of hydrogen-bond donors (Lipinski definition) is 7. The molecule has 6 aliphatic heterocycles. The van der Waals surface area contributed by atoms with E-state index < -0.39 is 65.8 Å². The fraction of sp³-hybridized carbons (Fsp3) is 0.554. The summed E-state index contributed by atoms with van der Waals surface area (Å²) in [5.74, 6) is -2.81. The van der Waals surface area contributed by atoms with E-state index in [0.29, 0.717) is 69.3 Å². The third kappa shape index (κ3) is 12.0. The Bertz CT molecular complexity index is 2850. The number of carbonyl (C=O) groups excluding carboxylic acids is 3. The Morgan fingerprint density at radius 3 is 2.28 bits per heavy atom. The van der Waals surface area contributed by atoms with E-state index in [0.717, 1.165) is 12.2 Å². The molecule has 7 N–H and O–H groups in total. The molecule has 3 aromatic rings. The van der Waals surface area contributed by atoms with Crippen LogP contribution in [-0.2, 0) is 23.9 Å². The van der Waals surface area contributed by atoms with E-state index in [-0.39, 0.29) is 93.0 Å². The number of nitrogens with one attached hydrogen (secondary N) is 2. The summed E-state index contributed by atoms with van der Waals surface area (Å²) in [7, 11) is 3.17. The lowest BCUT2D eigenvalue weighted by Gasteiger charge is -2.36. The smallest absolute Gasteiger partial charge is 0.315 e. The third-order valence-corrected chi connectivity index (χ3v) is 15.1. The Balaban J connectivity index is 1.03. The number of benzene rings is 3. The predicted molar refractivity (Wildman–Crippen MR) is 280 cm³/mol. The van der Waals surface area contributed by atoms with Crippen molar-refractivity contribution in [1.82, 2.24) is 9.80 Å². The van der Waals surface area contributed by atoms with Gasteiger partial charge in [0.1, 0.15) is 46.6 Å². The fourth-order valence-electron chi connectivity index (χ4n) is 10.7. The predicted octanol–water partition coefficient (Wildman–Crippen LogP) is 5.73. The molecule has 2 fully saturated rings. The zero-order chi connectivity index (χ0) is 53.9. The number of fused-ring (bicyclic) bond motifs is 13. The molecule has 5 bridgehead atoms. The monoisotopic (exact) mass is 1040 g/mol. The molecule has 406 valence electrons. The molecule has 19 heteroatoms. The van der Waals surface area contributed by atoms with Crippen LogP contribution in [0.3, 0.4) is 0 Å². The number of phenolic OH excluding ortho intramolecular Hbond substituents is 2. The molecule has 75 heavy (non-hydrogen) atoms. The average molecular weight is 1040 g/mol. The molecule has 0 radical (unpaired) electrons. The maximum atomic E-state index is 14.0. The molecule has 3 aromatic carbocycles. The maximum absolute atomic E-state index is 14.0. The van der Waals surface area contributed by atoms with E-state index in [9.17, 15) is 39.9 Å². The maximum Gasteiger partial charge on any atom is 0.315 e. The lowest BCUT2D eigenvalue weighted by atomic mass is 9.92. The molecular formula is C56H74N6O13. The molecule has 1 spiro atoms. The number of amides is 2. The molecule has 9 rings (SSSR count). The van der Waals surface area contributed by atoms with E-state index >= 15 is 0 Å². The highest BCUT2D eigenvalue weighted by Gasteiger charge is 2.50. The molecule has 0 aromatic heterocycles. The molecule has 19 nitrogen and oxygen atoms in total. The van der Waals surface area contributed by atoms with Gasteiger partial charge in [0.15, 0.2) is 17.5 Å². The number of aromatic hydroxyl groups is 2. The highest BCUT2D eigenvalue weighted by Crippen LogP contribution is 2.54. The summed E-state index contributed by atoms with van der Waals surface area (Å²) in [6.45, 7) is 14.0. The van der Waals surface area contributed by atoms with Gasteiger partial charge in [-0.3, -0.25) is 24.4 Å². The second-order valence-corrected chi connectivity index (χ2v) is 21.3. The normalized spacial score (nSPS) is 27.0. The molecule has 2 saturated heterocycles. The van der Waals surface area contributed by atoms with Crippen molar-refractivity contribution in [3.63, 3.8) is 0 Å². The Hall–Kier alpha value is -6.41. The first-order valence-corrected chi connectivity index (χ1v) is 26.2. The summed E-state index contributed by atoms with van der Waals surface area (Å²) in [5, 5.41) is 65.9. The number of methoxy groups -OCH3 is 2. The standard InChI is InChI=1S/C56H74N6O13/c1-31(2)30-61-21-17-56(18-22-61)59-47-44-45-50(67)34(5)52-46(44)53(69)55(6,75-52)73-23-10-9-14-38(26-37(63)27-41(64)32(3)12-11-13-33(4)54(70)58-49(51(45)68)48(47)60-56)74-43(66)29-42(65)62-19-15-35(16-20-62)57-36-24-39(71-7)28-40(25-36)72-8/h10-13,23-25,28,31-32,35,37-38,41,53,57,63-64,67-69H,9,14-22,26-27,29-30H2,1-8H3,(H,58,70)/b12-11+,23-10+,33-13-/t32?,37?,38-,41-,53?,55+/m1/s1. The van der Waals surface area contributed by atoms with Crippen molar-refractivity contribution in [3.05, 3.63) is 76.2 Å². The van der Waals surface area contributed by atoms with Crippen molar-refractivity contribution >= 4 is 39.9 Å². The van der Waals surface area contributed by atoms with E-state index in [1.807, 2.05) is 12.1 Å². The lowest BCUT2D eigenvalue weighted by Crippen LogP contribution is -2.43. The van der Waals surface area contributed by atoms with Crippen molar-refractivity contribution in [1.29, 1.82) is 0 Å². The van der Waals surface area contributed by atoms with Crippen LogP contribution in [0.2, 0.25) is 0 Å². The summed E-state index contributed by atoms with van der Waals surface area (Å²) in [5.41, 5.74) is 0.545. The molecule has 0 saturated carbocycles. The van der Waals surface area contributed by atoms with Gasteiger partial charge in [0.25, 0.3) is 11.7 Å². The number of aliphatic hydroxyl groups is 3. The van der Waals surface area contributed by atoms with Crippen molar-refractivity contribution in [3.8, 4) is 28.7 Å². The minimum Gasteiger partial charge on any atom is -0.507 e. The van der Waals surface area contributed by atoms with Gasteiger partial charge in [-0.2, -0.15) is 0 Å². The molecule has 6 aliphatic rings. The van der Waals surface area contributed by atoms with Crippen molar-refractivity contribution in [2.45, 2.75) is 141 Å². The van der Waals surface area contributed by atoms with Crippen molar-refractivity contribution in [2.75, 3.05) is 57.6 Å². The number of rotatable bonds is 9. The van der Waals surface area contributed by atoms with Crippen molar-refractivity contribution < 1.29 is 63.6 Å². The SMILES string of the molecule is COc1cc(NC2CCN(C(=O)CC(=O)O[C@@H]3CC/C=C/O[C@@]4(C)Oc5c(C)c(O)c6c(O)c(c7c(c6c5C4O)=NC4(CCN(CC(C)C)CC4)N=7)NC(=O)/C(C)=C\C=C\C(C)[C@H](O)CC(O)C3)CC2)cc(OC)c1. The van der Waals surface area contributed by atoms with Gasteiger partial charge < -0.3 is 69.7 Å². The minimum absolute atomic E-state index is 0.0331. The number of anilines is 2. The summed E-state index contributed by atoms with van der Waals surface area (Å²) < 4.78 is 29.2. The molecular weight excluding hydrogens is 965 g/mol. The number of carbonyl (C=O) groups is 3. The van der Waals surface area contributed by atoms with Crippen LogP contribution >= 0.6 is 0 Å². The summed E-state index contributed by atoms with van der Waals surface area (Å²) in [6, 6.07) is 5.62. The number of likely N-dealkylation sites (tertiary alicyclic amines) is 2. The van der Waals surface area contributed by atoms with Gasteiger partial charge in [-0.05, 0) is 57.9 Å². The Morgan fingerprint density at radius 1 is 0.933 bits per heavy atom. The fourth-order valence-corrected chi connectivity index (χ4v) is 10.7. The largest absolute Gasteiger partial charge is 0.507 e. The average Bonchev–Trinajstić information content (AvgIpc) is 3.94. The van der Waals surface area contributed by atoms with Crippen LogP contribution in [0, 0.1) is 18.8 Å². The third-order valence-electron chi connectivity index (χ3n) is 15.1. The van der Waals surface area contributed by atoms with Crippen LogP contribution in [0.5, 0.6) is 28.7 Å². The summed E-state index contributed by atoms with van der Waals surface area (Å²) in [4.78, 5) is 55.3. The molecule has 6 heterocycles. The van der Waals surface area contributed by atoms with Gasteiger partial charge in [0.05, 0.1) is 43.4 Å². The quantitative estimate of drug-likeness (QED) is 0.0768. The number of aliphatic hydroxyl groups excluding tert-OH is 3. The van der Waals surface area contributed by atoms with E-state index in [1.54, 1.807) is 77.2 Å². The number of allylic oxidation sites excluding steroid dienone is 3. The minimum atomic E-state index is -1.75. The van der Waals surface area contributed by atoms with Crippen LogP contribution in [-0.4, -0.2) is 136 Å². The number of nitrogens with zero attached hydrogens (tertiary/aromatic N) is 4. The summed E-state index contributed by atoms with van der Waals surface area (Å²) >= 11 is 0. The van der Waals surface area contributed by atoms with Gasteiger partial charge >= 0.3 is 5.97 Å². The van der Waals surface area contributed by atoms with Crippen LogP contribution in [0.15, 0.2) is 64.3 Å². The van der Waals surface area contributed by atoms with Gasteiger partial charge in [-0.1, -0.05) is 39.0 Å². The van der Waals surface area contributed by atoms with Crippen LogP contribution in [0.25, 0.3) is 10.8 Å². The van der Waals surface area contributed by atoms with Gasteiger partial charge in [0, 0.05) is 117 Å². The highest BCUT2D eigenvalue weighted by molar-refractivity contribution is 6.08. The first-order valence-electron chi connectivity index (χ1n) is 26.2. The van der Waals surface area contributed by atoms with Crippen LogP contribution in [0.4, 0.5) is 11.4 Å². The van der Waals surface area contributed by atoms with Crippen molar-refractivity contribution in [2.24, 2.45) is 21.8 Å². The number of ether oxygens (including phenoxy) is 5. The Morgan fingerprint density at radius 2 is 1.61 bits per heavy atom. The zero-order valence-corrected chi connectivity index (χ0v) is 44.4. The van der Waals surface area contributed by atoms with Gasteiger partial charge in [-0.25, -0.2) is 0 Å². The Labute approximate surface area is 437 Å². The van der Waals surface area contributed by atoms with Crippen LogP contribution in [0.1, 0.15) is 110 Å². The number of esters is 1. The Kier molecular flexibility index (Phi) is 16.7. The molecule has 6 atom stereocenters. The number of hydrogen-bond acceptors (Lipinski definition) is 17. The van der Waals surface area contributed by atoms with Gasteiger partial charge in [-0.15, -0.1) is 0 Å². The van der Waals surface area contributed by atoms with E-state index in [1.165, 1.54) is 6.26 Å². The summed E-state index contributed by atoms with van der Waals surface area (Å²) in [6.07, 6.45) is 5.70. The molecule has 0 aliphatic carbocycles. The number of piperidine rings is 2. The topological polar surface area (TPSA) is 254 Å². The molecule has 3 unspecified atom stereocenters. The first-order chi connectivity index (χ1) is 35.7. The second-order valence-electron chi connectivity index (χ2n) is 21.3. The van der Waals surface area contributed by atoms with Gasteiger partial charge in [0.2, 0.25) is 5.91 Å². The molecule has 2 amide bonds. The number of phenols is 2. The second kappa shape index (κ2) is 22.8. The van der Waals surface area contributed by atoms with E-state index in [4.69, 9.17) is 33.7 Å². The highest BCUT2D eigenvalue weighted by atomic mass is 16.7. The zero-order valence-electron chi connectivity index (χ0n) is 44.4. The van der Waals surface area contributed by atoms with Crippen LogP contribution < -0.4 is 35.6 Å². The van der Waals surface area contributed by atoms with E-state index in [2.05, 4.69) is 29.4 Å².